The molecule has 4 nitrogen and oxygen atoms in total. The summed E-state index contributed by atoms with van der Waals surface area (Å²) in [4.78, 5) is 14.0. The second kappa shape index (κ2) is 4.94. The van der Waals surface area contributed by atoms with Crippen LogP contribution in [0, 0.1) is 5.92 Å². The number of carbonyl (C=O) groups is 1. The van der Waals surface area contributed by atoms with Crippen LogP contribution in [-0.4, -0.2) is 49.7 Å². The van der Waals surface area contributed by atoms with Crippen LogP contribution in [0.4, 0.5) is 0 Å². The first-order valence-corrected chi connectivity index (χ1v) is 5.92. The third-order valence-electron chi connectivity index (χ3n) is 3.38. The van der Waals surface area contributed by atoms with Gasteiger partial charge < -0.3 is 15.0 Å². The van der Waals surface area contributed by atoms with Crippen LogP contribution in [-0.2, 0) is 9.53 Å². The fourth-order valence-corrected chi connectivity index (χ4v) is 2.29. The van der Waals surface area contributed by atoms with Crippen LogP contribution in [0.25, 0.3) is 0 Å². The molecule has 0 bridgehead atoms. The zero-order chi connectivity index (χ0) is 10.7. The summed E-state index contributed by atoms with van der Waals surface area (Å²) in [5, 5.41) is 3.19. The summed E-state index contributed by atoms with van der Waals surface area (Å²) in [5.41, 5.74) is 0. The van der Waals surface area contributed by atoms with Crippen molar-refractivity contribution < 1.29 is 9.53 Å². The van der Waals surface area contributed by atoms with Crippen molar-refractivity contribution in [2.24, 2.45) is 5.92 Å². The molecule has 2 heterocycles. The van der Waals surface area contributed by atoms with Crippen molar-refractivity contribution in [2.75, 3.05) is 32.8 Å². The standard InChI is InChI=1S/C11H20N2O2/c1-2-9-3-5-13(8-9)11(14)10-7-12-4-6-15-10/h9-10,12H,2-8H2,1H3/t9?,10-/m0/s1. The molecule has 86 valence electrons. The summed E-state index contributed by atoms with van der Waals surface area (Å²) in [6.07, 6.45) is 2.09. The summed E-state index contributed by atoms with van der Waals surface area (Å²) in [6, 6.07) is 0. The van der Waals surface area contributed by atoms with Gasteiger partial charge in [0.2, 0.25) is 0 Å². The second-order valence-corrected chi connectivity index (χ2v) is 4.41. The minimum absolute atomic E-state index is 0.179. The van der Waals surface area contributed by atoms with Crippen molar-refractivity contribution in [3.05, 3.63) is 0 Å². The average Bonchev–Trinajstić information content (AvgIpc) is 2.78. The molecule has 2 fully saturated rings. The molecule has 15 heavy (non-hydrogen) atoms. The molecule has 2 saturated heterocycles. The van der Waals surface area contributed by atoms with Gasteiger partial charge in [-0.15, -0.1) is 0 Å². The molecular formula is C11H20N2O2. The molecule has 0 aromatic rings. The van der Waals surface area contributed by atoms with E-state index in [0.29, 0.717) is 19.1 Å². The third-order valence-corrected chi connectivity index (χ3v) is 3.38. The number of likely N-dealkylation sites (tertiary alicyclic amines) is 1. The summed E-state index contributed by atoms with van der Waals surface area (Å²) < 4.78 is 5.47. The van der Waals surface area contributed by atoms with Gasteiger partial charge in [0.1, 0.15) is 6.10 Å². The van der Waals surface area contributed by atoms with Gasteiger partial charge in [-0.25, -0.2) is 0 Å². The number of nitrogens with one attached hydrogen (secondary N) is 1. The quantitative estimate of drug-likeness (QED) is 0.712. The summed E-state index contributed by atoms with van der Waals surface area (Å²) in [5.74, 6) is 0.878. The maximum Gasteiger partial charge on any atom is 0.253 e. The van der Waals surface area contributed by atoms with Crippen molar-refractivity contribution in [3.63, 3.8) is 0 Å². The van der Waals surface area contributed by atoms with E-state index < -0.39 is 0 Å². The predicted octanol–water partition coefficient (Wildman–Crippen LogP) is 0.233. The Bertz CT molecular complexity index is 227. The molecule has 1 amide bonds. The number of nitrogens with zero attached hydrogens (tertiary/aromatic N) is 1. The van der Waals surface area contributed by atoms with Gasteiger partial charge in [0, 0.05) is 26.2 Å². The molecule has 0 radical (unpaired) electrons. The first-order chi connectivity index (χ1) is 7.31. The lowest BCUT2D eigenvalue weighted by atomic mass is 10.1. The first-order valence-electron chi connectivity index (χ1n) is 5.92. The van der Waals surface area contributed by atoms with Crippen molar-refractivity contribution in [1.82, 2.24) is 10.2 Å². The van der Waals surface area contributed by atoms with Gasteiger partial charge in [0.25, 0.3) is 5.91 Å². The van der Waals surface area contributed by atoms with E-state index in [1.54, 1.807) is 0 Å². The van der Waals surface area contributed by atoms with Gasteiger partial charge in [-0.05, 0) is 12.3 Å². The Labute approximate surface area is 91.0 Å². The number of hydrogen-bond acceptors (Lipinski definition) is 3. The van der Waals surface area contributed by atoms with Crippen LogP contribution in [0.5, 0.6) is 0 Å². The van der Waals surface area contributed by atoms with E-state index in [1.807, 2.05) is 4.90 Å². The zero-order valence-electron chi connectivity index (χ0n) is 9.37. The molecule has 0 aliphatic carbocycles. The van der Waals surface area contributed by atoms with E-state index in [1.165, 1.54) is 6.42 Å². The van der Waals surface area contributed by atoms with Crippen molar-refractivity contribution in [1.29, 1.82) is 0 Å². The molecule has 0 saturated carbocycles. The highest BCUT2D eigenvalue weighted by Gasteiger charge is 2.31. The minimum atomic E-state index is -0.241. The number of hydrogen-bond donors (Lipinski definition) is 1. The number of rotatable bonds is 2. The zero-order valence-corrected chi connectivity index (χ0v) is 9.37. The molecule has 2 aliphatic rings. The number of morpholine rings is 1. The van der Waals surface area contributed by atoms with Gasteiger partial charge >= 0.3 is 0 Å². The molecule has 4 heteroatoms. The molecular weight excluding hydrogens is 192 g/mol. The van der Waals surface area contributed by atoms with Crippen molar-refractivity contribution >= 4 is 5.91 Å². The Morgan fingerprint density at radius 3 is 3.07 bits per heavy atom. The largest absolute Gasteiger partial charge is 0.366 e. The molecule has 0 aromatic carbocycles. The molecule has 2 aliphatic heterocycles. The topological polar surface area (TPSA) is 41.6 Å². The SMILES string of the molecule is CCC1CCN(C(=O)[C@@H]2CNCCO2)C1. The lowest BCUT2D eigenvalue weighted by molar-refractivity contribution is -0.144. The highest BCUT2D eigenvalue weighted by Crippen LogP contribution is 2.20. The van der Waals surface area contributed by atoms with Crippen LogP contribution in [0.3, 0.4) is 0 Å². The smallest absolute Gasteiger partial charge is 0.253 e. The van der Waals surface area contributed by atoms with Crippen molar-refractivity contribution in [2.45, 2.75) is 25.9 Å². The van der Waals surface area contributed by atoms with E-state index in [-0.39, 0.29) is 12.0 Å². The fraction of sp³-hybridized carbons (Fsp3) is 0.909. The molecule has 1 N–H and O–H groups in total. The van der Waals surface area contributed by atoms with Gasteiger partial charge in [0.05, 0.1) is 6.61 Å². The Balaban J connectivity index is 1.85. The lowest BCUT2D eigenvalue weighted by Crippen LogP contribution is -2.48. The van der Waals surface area contributed by atoms with Crippen LogP contribution in [0.2, 0.25) is 0 Å². The van der Waals surface area contributed by atoms with Gasteiger partial charge in [-0.1, -0.05) is 13.3 Å². The van der Waals surface area contributed by atoms with E-state index in [2.05, 4.69) is 12.2 Å². The van der Waals surface area contributed by atoms with Crippen LogP contribution in [0.15, 0.2) is 0 Å². The summed E-state index contributed by atoms with van der Waals surface area (Å²) in [7, 11) is 0. The van der Waals surface area contributed by atoms with E-state index in [0.717, 1.165) is 26.1 Å². The monoisotopic (exact) mass is 212 g/mol. The number of amides is 1. The minimum Gasteiger partial charge on any atom is -0.366 e. The maximum absolute atomic E-state index is 12.0. The fourth-order valence-electron chi connectivity index (χ4n) is 2.29. The number of ether oxygens (including phenoxy) is 1. The molecule has 2 rings (SSSR count). The van der Waals surface area contributed by atoms with E-state index in [4.69, 9.17) is 4.74 Å². The summed E-state index contributed by atoms with van der Waals surface area (Å²) >= 11 is 0. The predicted molar refractivity (Wildman–Crippen MR) is 57.6 cm³/mol. The third kappa shape index (κ3) is 2.49. The van der Waals surface area contributed by atoms with Gasteiger partial charge in [-0.3, -0.25) is 4.79 Å². The average molecular weight is 212 g/mol. The Kier molecular flexibility index (Phi) is 3.59. The van der Waals surface area contributed by atoms with Crippen LogP contribution >= 0.6 is 0 Å². The normalized spacial score (nSPS) is 31.9. The van der Waals surface area contributed by atoms with Gasteiger partial charge in [0.15, 0.2) is 0 Å². The molecule has 0 spiro atoms. The van der Waals surface area contributed by atoms with Crippen molar-refractivity contribution in [3.8, 4) is 0 Å². The highest BCUT2D eigenvalue weighted by atomic mass is 16.5. The van der Waals surface area contributed by atoms with Crippen LogP contribution < -0.4 is 5.32 Å². The molecule has 1 unspecified atom stereocenters. The van der Waals surface area contributed by atoms with Crippen LogP contribution in [0.1, 0.15) is 19.8 Å². The van der Waals surface area contributed by atoms with E-state index >= 15 is 0 Å². The highest BCUT2D eigenvalue weighted by molar-refractivity contribution is 5.81. The summed E-state index contributed by atoms with van der Waals surface area (Å²) in [6.45, 7) is 6.22. The molecule has 0 aromatic heterocycles. The Morgan fingerprint density at radius 2 is 2.47 bits per heavy atom. The Morgan fingerprint density at radius 1 is 1.60 bits per heavy atom. The van der Waals surface area contributed by atoms with E-state index in [9.17, 15) is 4.79 Å². The maximum atomic E-state index is 12.0. The number of carbonyl (C=O) groups excluding carboxylic acids is 1. The lowest BCUT2D eigenvalue weighted by Gasteiger charge is -2.27. The second-order valence-electron chi connectivity index (χ2n) is 4.41. The molecule has 2 atom stereocenters. The first kappa shape index (κ1) is 10.9. The van der Waals surface area contributed by atoms with Gasteiger partial charge in [-0.2, -0.15) is 0 Å². The Hall–Kier alpha value is -0.610.